The normalized spacial score (nSPS) is 10.3. The highest BCUT2D eigenvalue weighted by Crippen LogP contribution is 2.37. The van der Waals surface area contributed by atoms with Gasteiger partial charge in [-0.15, -0.1) is 0 Å². The van der Waals surface area contributed by atoms with Crippen LogP contribution in [-0.2, 0) is 0 Å². The second kappa shape index (κ2) is 5.08. The Morgan fingerprint density at radius 1 is 0.800 bits per heavy atom. The fraction of sp³-hybridized carbons (Fsp3) is 0.143. The van der Waals surface area contributed by atoms with Gasteiger partial charge in [0.2, 0.25) is 0 Å². The predicted octanol–water partition coefficient (Wildman–Crippen LogP) is 2.25. The van der Waals surface area contributed by atoms with Crippen LogP contribution in [0, 0.1) is 0 Å². The minimum atomic E-state index is -1.12. The van der Waals surface area contributed by atoms with Crippen LogP contribution < -0.4 is 9.47 Å². The van der Waals surface area contributed by atoms with Crippen LogP contribution in [0.4, 0.5) is 0 Å². The lowest BCUT2D eigenvalue weighted by Crippen LogP contribution is -2.04. The van der Waals surface area contributed by atoms with E-state index in [0.29, 0.717) is 10.8 Å². The number of carboxylic acids is 2. The maximum absolute atomic E-state index is 11.1. The van der Waals surface area contributed by atoms with Gasteiger partial charge >= 0.3 is 11.9 Å². The summed E-state index contributed by atoms with van der Waals surface area (Å²) in [6, 6.07) is 5.73. The van der Waals surface area contributed by atoms with Crippen LogP contribution in [0.2, 0.25) is 0 Å². The van der Waals surface area contributed by atoms with Crippen molar-refractivity contribution in [1.29, 1.82) is 0 Å². The van der Waals surface area contributed by atoms with E-state index in [1.807, 2.05) is 0 Å². The number of hydrogen-bond acceptors (Lipinski definition) is 4. The summed E-state index contributed by atoms with van der Waals surface area (Å²) >= 11 is 0. The SMILES string of the molecule is COc1c(C(=O)O)ccc2c(OC)c(C(=O)O)ccc12. The number of methoxy groups -OCH3 is 2. The Morgan fingerprint density at radius 3 is 1.40 bits per heavy atom. The summed E-state index contributed by atoms with van der Waals surface area (Å²) < 4.78 is 10.3. The smallest absolute Gasteiger partial charge is 0.339 e. The fourth-order valence-corrected chi connectivity index (χ4v) is 2.13. The highest BCUT2D eigenvalue weighted by molar-refractivity contribution is 6.06. The molecule has 0 bridgehead atoms. The molecule has 104 valence electrons. The Morgan fingerprint density at radius 2 is 1.15 bits per heavy atom. The van der Waals surface area contributed by atoms with Crippen LogP contribution in [0.5, 0.6) is 11.5 Å². The van der Waals surface area contributed by atoms with E-state index in [-0.39, 0.29) is 22.6 Å². The first-order chi connectivity index (χ1) is 9.51. The molecule has 0 fully saturated rings. The van der Waals surface area contributed by atoms with Gasteiger partial charge in [-0.3, -0.25) is 0 Å². The molecule has 0 saturated heterocycles. The molecule has 0 aromatic heterocycles. The molecule has 0 aliphatic rings. The molecule has 2 rings (SSSR count). The van der Waals surface area contributed by atoms with Crippen molar-refractivity contribution in [2.75, 3.05) is 14.2 Å². The van der Waals surface area contributed by atoms with Crippen molar-refractivity contribution in [2.45, 2.75) is 0 Å². The van der Waals surface area contributed by atoms with E-state index in [9.17, 15) is 9.59 Å². The molecule has 0 atom stereocenters. The zero-order valence-corrected chi connectivity index (χ0v) is 10.8. The second-order valence-electron chi connectivity index (χ2n) is 4.00. The topological polar surface area (TPSA) is 93.1 Å². The van der Waals surface area contributed by atoms with Crippen LogP contribution in [0.25, 0.3) is 10.8 Å². The Labute approximate surface area is 114 Å². The van der Waals surface area contributed by atoms with Crippen LogP contribution in [-0.4, -0.2) is 36.4 Å². The number of rotatable bonds is 4. The first kappa shape index (κ1) is 13.7. The summed E-state index contributed by atoms with van der Waals surface area (Å²) in [5.74, 6) is -1.90. The van der Waals surface area contributed by atoms with Crippen LogP contribution in [0.15, 0.2) is 24.3 Å². The molecule has 0 radical (unpaired) electrons. The van der Waals surface area contributed by atoms with Crippen molar-refractivity contribution < 1.29 is 29.3 Å². The molecular weight excluding hydrogens is 264 g/mol. The van der Waals surface area contributed by atoms with E-state index in [1.165, 1.54) is 38.5 Å². The molecule has 0 spiro atoms. The molecular formula is C14H12O6. The van der Waals surface area contributed by atoms with E-state index in [0.717, 1.165) is 0 Å². The zero-order valence-electron chi connectivity index (χ0n) is 10.8. The standard InChI is InChI=1S/C14H12O6/c1-19-11-7-3-6-10(14(17)18)12(20-2)8(7)4-5-9(11)13(15)16/h3-6H,1-2H3,(H,15,16)(H,17,18). The first-order valence-corrected chi connectivity index (χ1v) is 5.65. The maximum atomic E-state index is 11.1. The van der Waals surface area contributed by atoms with Gasteiger partial charge in [-0.05, 0) is 24.3 Å². The van der Waals surface area contributed by atoms with Gasteiger partial charge in [-0.2, -0.15) is 0 Å². The number of aromatic carboxylic acids is 2. The monoisotopic (exact) mass is 276 g/mol. The lowest BCUT2D eigenvalue weighted by atomic mass is 10.0. The predicted molar refractivity (Wildman–Crippen MR) is 71.0 cm³/mol. The lowest BCUT2D eigenvalue weighted by molar-refractivity contribution is 0.0682. The van der Waals surface area contributed by atoms with Gasteiger partial charge in [0.05, 0.1) is 14.2 Å². The average molecular weight is 276 g/mol. The first-order valence-electron chi connectivity index (χ1n) is 5.65. The molecule has 2 aromatic carbocycles. The number of fused-ring (bicyclic) bond motifs is 1. The largest absolute Gasteiger partial charge is 0.495 e. The quantitative estimate of drug-likeness (QED) is 0.889. The minimum Gasteiger partial charge on any atom is -0.495 e. The van der Waals surface area contributed by atoms with Crippen LogP contribution >= 0.6 is 0 Å². The van der Waals surface area contributed by atoms with E-state index < -0.39 is 11.9 Å². The Bertz CT molecular complexity index is 643. The Kier molecular flexibility index (Phi) is 3.47. The van der Waals surface area contributed by atoms with Gasteiger partial charge in [0.1, 0.15) is 22.6 Å². The van der Waals surface area contributed by atoms with Gasteiger partial charge in [0.15, 0.2) is 0 Å². The highest BCUT2D eigenvalue weighted by atomic mass is 16.5. The van der Waals surface area contributed by atoms with Crippen molar-refractivity contribution in [3.63, 3.8) is 0 Å². The third-order valence-electron chi connectivity index (χ3n) is 2.97. The van der Waals surface area contributed by atoms with Crippen molar-refractivity contribution in [3.8, 4) is 11.5 Å². The van der Waals surface area contributed by atoms with E-state index >= 15 is 0 Å². The number of benzene rings is 2. The van der Waals surface area contributed by atoms with Gasteiger partial charge < -0.3 is 19.7 Å². The summed E-state index contributed by atoms with van der Waals surface area (Å²) in [5, 5.41) is 19.2. The van der Waals surface area contributed by atoms with E-state index in [1.54, 1.807) is 0 Å². The molecule has 0 aliphatic carbocycles. The lowest BCUT2D eigenvalue weighted by Gasteiger charge is -2.13. The molecule has 0 amide bonds. The molecule has 0 unspecified atom stereocenters. The van der Waals surface area contributed by atoms with Gasteiger partial charge in [-0.1, -0.05) is 0 Å². The maximum Gasteiger partial charge on any atom is 0.339 e. The van der Waals surface area contributed by atoms with Crippen molar-refractivity contribution >= 4 is 22.7 Å². The molecule has 0 heterocycles. The number of carbonyl (C=O) groups is 2. The second-order valence-corrected chi connectivity index (χ2v) is 4.00. The average Bonchev–Trinajstić information content (AvgIpc) is 2.43. The summed E-state index contributed by atoms with van der Waals surface area (Å²) in [5.41, 5.74) is 0.00950. The summed E-state index contributed by atoms with van der Waals surface area (Å²) in [6.45, 7) is 0. The molecule has 2 N–H and O–H groups in total. The third-order valence-corrected chi connectivity index (χ3v) is 2.97. The van der Waals surface area contributed by atoms with Crippen molar-refractivity contribution in [3.05, 3.63) is 35.4 Å². The van der Waals surface area contributed by atoms with Crippen molar-refractivity contribution in [1.82, 2.24) is 0 Å². The molecule has 0 saturated carbocycles. The Balaban J connectivity index is 2.88. The van der Waals surface area contributed by atoms with Crippen LogP contribution in [0.3, 0.4) is 0 Å². The van der Waals surface area contributed by atoms with Crippen molar-refractivity contribution in [2.24, 2.45) is 0 Å². The molecule has 6 heteroatoms. The summed E-state index contributed by atoms with van der Waals surface area (Å²) in [7, 11) is 2.72. The van der Waals surface area contributed by atoms with Gasteiger partial charge in [-0.25, -0.2) is 9.59 Å². The molecule has 2 aromatic rings. The molecule has 6 nitrogen and oxygen atoms in total. The van der Waals surface area contributed by atoms with Gasteiger partial charge in [0.25, 0.3) is 0 Å². The molecule has 20 heavy (non-hydrogen) atoms. The fourth-order valence-electron chi connectivity index (χ4n) is 2.13. The summed E-state index contributed by atoms with van der Waals surface area (Å²) in [4.78, 5) is 22.3. The third kappa shape index (κ3) is 2.01. The van der Waals surface area contributed by atoms with E-state index in [2.05, 4.69) is 0 Å². The number of carboxylic acid groups (broad SMARTS) is 2. The zero-order chi connectivity index (χ0) is 14.9. The summed E-state index contributed by atoms with van der Waals surface area (Å²) in [6.07, 6.45) is 0. The van der Waals surface area contributed by atoms with Gasteiger partial charge in [0, 0.05) is 10.8 Å². The highest BCUT2D eigenvalue weighted by Gasteiger charge is 2.20. The van der Waals surface area contributed by atoms with E-state index in [4.69, 9.17) is 19.7 Å². The Hall–Kier alpha value is -2.76. The minimum absolute atomic E-state index is 0.00475. The number of hydrogen-bond donors (Lipinski definition) is 2. The number of ether oxygens (including phenoxy) is 2. The molecule has 0 aliphatic heterocycles. The van der Waals surface area contributed by atoms with Crippen LogP contribution in [0.1, 0.15) is 20.7 Å².